The van der Waals surface area contributed by atoms with Crippen LogP contribution in [0.2, 0.25) is 0 Å². The molecule has 0 bridgehead atoms. The van der Waals surface area contributed by atoms with Crippen LogP contribution in [0.4, 0.5) is 4.39 Å². The van der Waals surface area contributed by atoms with Crippen molar-refractivity contribution in [2.45, 2.75) is 45.6 Å². The molecule has 1 aliphatic heterocycles. The molecule has 1 saturated heterocycles. The van der Waals surface area contributed by atoms with Gasteiger partial charge in [0, 0.05) is 0 Å². The molecule has 2 aromatic carbocycles. The van der Waals surface area contributed by atoms with Gasteiger partial charge in [-0.15, -0.1) is 0 Å². The molecule has 0 N–H and O–H groups in total. The van der Waals surface area contributed by atoms with Gasteiger partial charge in [0.1, 0.15) is 6.67 Å². The minimum atomic E-state index is -0.492. The summed E-state index contributed by atoms with van der Waals surface area (Å²) in [5.41, 5.74) is 0.774. The van der Waals surface area contributed by atoms with Crippen molar-refractivity contribution in [1.82, 2.24) is 0 Å². The van der Waals surface area contributed by atoms with Crippen molar-refractivity contribution >= 4 is 23.4 Å². The molecule has 1 aliphatic rings. The molecule has 110 valence electrons. The summed E-state index contributed by atoms with van der Waals surface area (Å²) in [4.78, 5) is 0. The fraction of sp³-hybridized carbons (Fsp3) is 0.412. The molecule has 0 radical (unpaired) electrons. The fourth-order valence-electron chi connectivity index (χ4n) is 2.64. The Morgan fingerprint density at radius 2 is 1.62 bits per heavy atom. The molecular weight excluding hydrogens is 266 g/mol. The van der Waals surface area contributed by atoms with E-state index in [1.807, 2.05) is 64.1 Å². The minimum Gasteiger partial charge on any atom is -0.399 e. The number of rotatable bonds is 2. The molecule has 3 rings (SSSR count). The van der Waals surface area contributed by atoms with Crippen LogP contribution < -0.4 is 5.46 Å². The van der Waals surface area contributed by atoms with E-state index in [1.165, 1.54) is 0 Å². The average Bonchev–Trinajstić information content (AvgIpc) is 2.66. The quantitative estimate of drug-likeness (QED) is 0.785. The van der Waals surface area contributed by atoms with E-state index in [0.29, 0.717) is 5.56 Å². The third kappa shape index (κ3) is 2.36. The molecular formula is C17H20BFO2. The third-order valence-electron chi connectivity index (χ3n) is 4.64. The molecule has 0 unspecified atom stereocenters. The first-order valence-electron chi connectivity index (χ1n) is 7.27. The second kappa shape index (κ2) is 4.82. The van der Waals surface area contributed by atoms with Crippen molar-refractivity contribution in [2.24, 2.45) is 0 Å². The van der Waals surface area contributed by atoms with Gasteiger partial charge >= 0.3 is 7.12 Å². The SMILES string of the molecule is CC1(C)OB(c2cc(CF)c3ccccc3c2)OC1(C)C. The standard InChI is InChI=1S/C17H20BFO2/c1-16(2)17(3,4)21-18(20-16)14-9-12-7-5-6-8-15(12)13(10-14)11-19/h5-10H,11H2,1-4H3. The van der Waals surface area contributed by atoms with E-state index in [1.54, 1.807) is 0 Å². The van der Waals surface area contributed by atoms with Gasteiger partial charge in [-0.3, -0.25) is 0 Å². The number of fused-ring (bicyclic) bond motifs is 1. The lowest BCUT2D eigenvalue weighted by molar-refractivity contribution is 0.00578. The van der Waals surface area contributed by atoms with Gasteiger partial charge in [-0.25, -0.2) is 4.39 Å². The molecule has 1 fully saturated rings. The lowest BCUT2D eigenvalue weighted by atomic mass is 9.77. The molecule has 2 nitrogen and oxygen atoms in total. The number of halogens is 1. The van der Waals surface area contributed by atoms with E-state index in [2.05, 4.69) is 0 Å². The van der Waals surface area contributed by atoms with Gasteiger partial charge in [0.2, 0.25) is 0 Å². The van der Waals surface area contributed by atoms with Crippen LogP contribution >= 0.6 is 0 Å². The first-order chi connectivity index (χ1) is 9.84. The lowest BCUT2D eigenvalue weighted by Crippen LogP contribution is -2.41. The molecule has 1 heterocycles. The van der Waals surface area contributed by atoms with Crippen LogP contribution in [0.15, 0.2) is 36.4 Å². The molecule has 21 heavy (non-hydrogen) atoms. The molecule has 0 spiro atoms. The minimum absolute atomic E-state index is 0.390. The van der Waals surface area contributed by atoms with E-state index < -0.39 is 13.8 Å². The van der Waals surface area contributed by atoms with Crippen LogP contribution in [0.3, 0.4) is 0 Å². The van der Waals surface area contributed by atoms with Gasteiger partial charge in [0.15, 0.2) is 0 Å². The Morgan fingerprint density at radius 3 is 2.24 bits per heavy atom. The Morgan fingerprint density at radius 1 is 1.00 bits per heavy atom. The zero-order valence-corrected chi connectivity index (χ0v) is 12.9. The van der Waals surface area contributed by atoms with Gasteiger partial charge in [0.25, 0.3) is 0 Å². The van der Waals surface area contributed by atoms with Gasteiger partial charge in [-0.2, -0.15) is 0 Å². The highest BCUT2D eigenvalue weighted by molar-refractivity contribution is 6.62. The molecule has 0 saturated carbocycles. The summed E-state index contributed by atoms with van der Waals surface area (Å²) in [5.74, 6) is 0. The summed E-state index contributed by atoms with van der Waals surface area (Å²) in [6.45, 7) is 7.58. The summed E-state index contributed by atoms with van der Waals surface area (Å²) in [6, 6.07) is 11.7. The molecule has 4 heteroatoms. The van der Waals surface area contributed by atoms with Gasteiger partial charge in [0.05, 0.1) is 11.2 Å². The maximum absolute atomic E-state index is 13.3. The van der Waals surface area contributed by atoms with E-state index in [4.69, 9.17) is 9.31 Å². The van der Waals surface area contributed by atoms with Crippen LogP contribution in [0.5, 0.6) is 0 Å². The van der Waals surface area contributed by atoms with E-state index >= 15 is 0 Å². The average molecular weight is 286 g/mol. The molecule has 0 atom stereocenters. The summed E-state index contributed by atoms with van der Waals surface area (Å²) in [6.07, 6.45) is 0. The zero-order valence-electron chi connectivity index (χ0n) is 12.9. The second-order valence-electron chi connectivity index (χ2n) is 6.62. The highest BCUT2D eigenvalue weighted by Crippen LogP contribution is 2.36. The Hall–Kier alpha value is -1.39. The number of hydrogen-bond donors (Lipinski definition) is 0. The second-order valence-corrected chi connectivity index (χ2v) is 6.62. The topological polar surface area (TPSA) is 18.5 Å². The van der Waals surface area contributed by atoms with Gasteiger partial charge in [-0.05, 0) is 49.5 Å². The molecule has 2 aromatic rings. The predicted molar refractivity (Wildman–Crippen MR) is 84.5 cm³/mol. The maximum atomic E-state index is 13.3. The zero-order chi connectivity index (χ0) is 15.3. The Balaban J connectivity index is 2.06. The largest absolute Gasteiger partial charge is 0.494 e. The van der Waals surface area contributed by atoms with E-state index in [-0.39, 0.29) is 11.2 Å². The van der Waals surface area contributed by atoms with Crippen molar-refractivity contribution in [2.75, 3.05) is 0 Å². The highest BCUT2D eigenvalue weighted by Gasteiger charge is 2.51. The number of alkyl halides is 1. The van der Waals surface area contributed by atoms with Crippen LogP contribution in [-0.4, -0.2) is 18.3 Å². The predicted octanol–water partition coefficient (Wildman–Crippen LogP) is 3.61. The smallest absolute Gasteiger partial charge is 0.399 e. The molecule has 0 amide bonds. The summed E-state index contributed by atoms with van der Waals surface area (Å²) >= 11 is 0. The number of hydrogen-bond acceptors (Lipinski definition) is 2. The van der Waals surface area contributed by atoms with Crippen molar-refractivity contribution in [3.63, 3.8) is 0 Å². The molecule has 0 aromatic heterocycles. The maximum Gasteiger partial charge on any atom is 0.494 e. The van der Waals surface area contributed by atoms with Gasteiger partial charge < -0.3 is 9.31 Å². The van der Waals surface area contributed by atoms with Crippen molar-refractivity contribution in [3.8, 4) is 0 Å². The normalized spacial score (nSPS) is 20.1. The summed E-state index contributed by atoms with van der Waals surface area (Å²) in [5, 5.41) is 1.96. The van der Waals surface area contributed by atoms with Gasteiger partial charge in [-0.1, -0.05) is 36.4 Å². The van der Waals surface area contributed by atoms with Crippen molar-refractivity contribution in [3.05, 3.63) is 42.0 Å². The van der Waals surface area contributed by atoms with E-state index in [0.717, 1.165) is 16.2 Å². The van der Waals surface area contributed by atoms with Crippen LogP contribution in [-0.2, 0) is 16.0 Å². The monoisotopic (exact) mass is 286 g/mol. The first kappa shape index (κ1) is 14.5. The Bertz CT molecular complexity index is 666. The van der Waals surface area contributed by atoms with E-state index in [9.17, 15) is 4.39 Å². The van der Waals surface area contributed by atoms with Crippen LogP contribution in [0.25, 0.3) is 10.8 Å². The molecule has 0 aliphatic carbocycles. The van der Waals surface area contributed by atoms with Crippen molar-refractivity contribution in [1.29, 1.82) is 0 Å². The number of benzene rings is 2. The first-order valence-corrected chi connectivity index (χ1v) is 7.27. The highest BCUT2D eigenvalue weighted by atomic mass is 19.1. The van der Waals surface area contributed by atoms with Crippen LogP contribution in [0, 0.1) is 0 Å². The Kier molecular flexibility index (Phi) is 3.34. The Labute approximate surface area is 125 Å². The summed E-state index contributed by atoms with van der Waals surface area (Å²) < 4.78 is 25.5. The third-order valence-corrected chi connectivity index (χ3v) is 4.64. The summed E-state index contributed by atoms with van der Waals surface area (Å²) in [7, 11) is -0.454. The van der Waals surface area contributed by atoms with Crippen LogP contribution in [0.1, 0.15) is 33.3 Å². The lowest BCUT2D eigenvalue weighted by Gasteiger charge is -2.32. The van der Waals surface area contributed by atoms with Crippen molar-refractivity contribution < 1.29 is 13.7 Å². The fourth-order valence-corrected chi connectivity index (χ4v) is 2.64.